The largest absolute Gasteiger partial charge is 0.480 e. The molecule has 0 saturated carbocycles. The molecule has 19 heavy (non-hydrogen) atoms. The van der Waals surface area contributed by atoms with Gasteiger partial charge in [0.1, 0.15) is 11.9 Å². The lowest BCUT2D eigenvalue weighted by Crippen LogP contribution is -2.44. The van der Waals surface area contributed by atoms with Gasteiger partial charge in [0, 0.05) is 25.4 Å². The zero-order valence-electron chi connectivity index (χ0n) is 10.3. The van der Waals surface area contributed by atoms with Crippen molar-refractivity contribution in [3.63, 3.8) is 0 Å². The van der Waals surface area contributed by atoms with Gasteiger partial charge in [-0.1, -0.05) is 12.1 Å². The van der Waals surface area contributed by atoms with Crippen LogP contribution in [0.25, 0.3) is 0 Å². The number of nitrogens with zero attached hydrogens (tertiary/aromatic N) is 1. The van der Waals surface area contributed by atoms with E-state index in [-0.39, 0.29) is 31.3 Å². The maximum atomic E-state index is 13.1. The van der Waals surface area contributed by atoms with Crippen LogP contribution < -0.4 is 5.73 Å². The summed E-state index contributed by atoms with van der Waals surface area (Å²) in [5.74, 6) is -1.80. The molecule has 1 amide bonds. The number of carbonyl (C=O) groups is 2. The van der Waals surface area contributed by atoms with Gasteiger partial charge in [0.2, 0.25) is 5.91 Å². The third-order valence-corrected chi connectivity index (χ3v) is 3.17. The Morgan fingerprint density at radius 3 is 2.84 bits per heavy atom. The monoisotopic (exact) mass is 266 g/mol. The van der Waals surface area contributed by atoms with Crippen molar-refractivity contribution in [1.29, 1.82) is 0 Å². The molecule has 0 aromatic heterocycles. The average molecular weight is 266 g/mol. The number of halogens is 1. The molecule has 0 spiro atoms. The van der Waals surface area contributed by atoms with E-state index in [1.165, 1.54) is 23.1 Å². The van der Waals surface area contributed by atoms with E-state index in [2.05, 4.69) is 0 Å². The fourth-order valence-corrected chi connectivity index (χ4v) is 2.28. The Balaban J connectivity index is 2.17. The van der Waals surface area contributed by atoms with Gasteiger partial charge in [0.25, 0.3) is 0 Å². The van der Waals surface area contributed by atoms with Crippen molar-refractivity contribution in [2.24, 2.45) is 5.73 Å². The summed E-state index contributed by atoms with van der Waals surface area (Å²) in [6, 6.07) is 4.39. The van der Waals surface area contributed by atoms with Gasteiger partial charge in [-0.25, -0.2) is 9.18 Å². The van der Waals surface area contributed by atoms with Gasteiger partial charge in [0.15, 0.2) is 0 Å². The van der Waals surface area contributed by atoms with E-state index in [4.69, 9.17) is 5.73 Å². The average Bonchev–Trinajstić information content (AvgIpc) is 2.65. The van der Waals surface area contributed by atoms with E-state index >= 15 is 0 Å². The third-order valence-electron chi connectivity index (χ3n) is 3.17. The fraction of sp³-hybridized carbons (Fsp3) is 0.385. The normalized spacial score (nSPS) is 20.6. The van der Waals surface area contributed by atoms with Gasteiger partial charge in [0.05, 0.1) is 0 Å². The molecule has 2 atom stereocenters. The molecule has 1 aromatic rings. The molecule has 0 radical (unpaired) electrons. The highest BCUT2D eigenvalue weighted by Crippen LogP contribution is 2.17. The Hall–Kier alpha value is -1.95. The Bertz CT molecular complexity index is 506. The lowest BCUT2D eigenvalue weighted by molar-refractivity contribution is -0.148. The molecule has 1 fully saturated rings. The number of amides is 1. The first-order valence-corrected chi connectivity index (χ1v) is 5.99. The van der Waals surface area contributed by atoms with Crippen LogP contribution in [0, 0.1) is 5.82 Å². The predicted octanol–water partition coefficient (Wildman–Crippen LogP) is 0.381. The fourth-order valence-electron chi connectivity index (χ4n) is 2.28. The Morgan fingerprint density at radius 1 is 1.58 bits per heavy atom. The highest BCUT2D eigenvalue weighted by atomic mass is 19.1. The number of carboxylic acids is 1. The quantitative estimate of drug-likeness (QED) is 0.825. The zero-order chi connectivity index (χ0) is 14.0. The molecule has 3 N–H and O–H groups in total. The summed E-state index contributed by atoms with van der Waals surface area (Å²) in [5, 5.41) is 9.24. The second-order valence-corrected chi connectivity index (χ2v) is 4.70. The molecule has 1 aromatic carbocycles. The standard InChI is InChI=1S/C13H15FN2O3/c14-9-3-1-2-8(4-9)5-11(13(18)19)16-7-10(15)6-12(16)17/h1-4,10-11H,5-7,15H2,(H,18,19)/t10?,11-/m0/s1. The van der Waals surface area contributed by atoms with E-state index < -0.39 is 17.8 Å². The molecule has 6 heteroatoms. The van der Waals surface area contributed by atoms with Crippen LogP contribution >= 0.6 is 0 Å². The summed E-state index contributed by atoms with van der Waals surface area (Å²) in [4.78, 5) is 24.3. The Kier molecular flexibility index (Phi) is 3.80. The molecule has 5 nitrogen and oxygen atoms in total. The van der Waals surface area contributed by atoms with Crippen LogP contribution in [0.15, 0.2) is 24.3 Å². The number of hydrogen-bond donors (Lipinski definition) is 2. The summed E-state index contributed by atoms with van der Waals surface area (Å²) < 4.78 is 13.1. The van der Waals surface area contributed by atoms with Crippen LogP contribution in [-0.2, 0) is 16.0 Å². The van der Waals surface area contributed by atoms with Crippen molar-refractivity contribution < 1.29 is 19.1 Å². The highest BCUT2D eigenvalue weighted by molar-refractivity contribution is 5.85. The molecule has 1 aliphatic heterocycles. The first-order valence-electron chi connectivity index (χ1n) is 5.99. The summed E-state index contributed by atoms with van der Waals surface area (Å²) >= 11 is 0. The van der Waals surface area contributed by atoms with E-state index in [0.29, 0.717) is 5.56 Å². The molecular formula is C13H15FN2O3. The summed E-state index contributed by atoms with van der Waals surface area (Å²) in [6.07, 6.45) is 0.235. The third kappa shape index (κ3) is 3.08. The topological polar surface area (TPSA) is 83.6 Å². The van der Waals surface area contributed by atoms with Gasteiger partial charge in [-0.2, -0.15) is 0 Å². The van der Waals surface area contributed by atoms with Gasteiger partial charge in [-0.15, -0.1) is 0 Å². The second-order valence-electron chi connectivity index (χ2n) is 4.70. The maximum absolute atomic E-state index is 13.1. The van der Waals surface area contributed by atoms with Crippen LogP contribution in [0.2, 0.25) is 0 Å². The first kappa shape index (κ1) is 13.5. The van der Waals surface area contributed by atoms with Crippen LogP contribution in [0.4, 0.5) is 4.39 Å². The minimum atomic E-state index is -1.10. The SMILES string of the molecule is NC1CC(=O)N([C@@H](Cc2cccc(F)c2)C(=O)O)C1. The molecule has 1 unspecified atom stereocenters. The molecule has 1 aliphatic rings. The molecule has 1 heterocycles. The minimum absolute atomic E-state index is 0.0750. The van der Waals surface area contributed by atoms with Crippen LogP contribution in [0.5, 0.6) is 0 Å². The summed E-state index contributed by atoms with van der Waals surface area (Å²) in [7, 11) is 0. The number of benzene rings is 1. The van der Waals surface area contributed by atoms with Crippen molar-refractivity contribution in [3.8, 4) is 0 Å². The van der Waals surface area contributed by atoms with Gasteiger partial charge < -0.3 is 15.7 Å². The Labute approximate surface area is 109 Å². The van der Waals surface area contributed by atoms with Gasteiger partial charge in [-0.05, 0) is 17.7 Å². The number of carbonyl (C=O) groups excluding carboxylic acids is 1. The molecule has 0 aliphatic carbocycles. The highest BCUT2D eigenvalue weighted by Gasteiger charge is 2.36. The number of carboxylic acid groups (broad SMARTS) is 1. The lowest BCUT2D eigenvalue weighted by atomic mass is 10.0. The number of hydrogen-bond acceptors (Lipinski definition) is 3. The zero-order valence-corrected chi connectivity index (χ0v) is 10.3. The number of nitrogens with two attached hydrogens (primary N) is 1. The van der Waals surface area contributed by atoms with Gasteiger partial charge in [-0.3, -0.25) is 4.79 Å². The predicted molar refractivity (Wildman–Crippen MR) is 65.8 cm³/mol. The van der Waals surface area contributed by atoms with Crippen LogP contribution in [-0.4, -0.2) is 40.5 Å². The van der Waals surface area contributed by atoms with Crippen molar-refractivity contribution in [3.05, 3.63) is 35.6 Å². The molecule has 1 saturated heterocycles. The second kappa shape index (κ2) is 5.36. The van der Waals surface area contributed by atoms with E-state index in [9.17, 15) is 19.1 Å². The number of aliphatic carboxylic acids is 1. The molecular weight excluding hydrogens is 251 g/mol. The number of likely N-dealkylation sites (tertiary alicyclic amines) is 1. The van der Waals surface area contributed by atoms with E-state index in [0.717, 1.165) is 0 Å². The molecule has 102 valence electrons. The van der Waals surface area contributed by atoms with Crippen LogP contribution in [0.1, 0.15) is 12.0 Å². The van der Waals surface area contributed by atoms with Gasteiger partial charge >= 0.3 is 5.97 Å². The van der Waals surface area contributed by atoms with Crippen molar-refractivity contribution in [2.45, 2.75) is 24.9 Å². The summed E-state index contributed by atoms with van der Waals surface area (Å²) in [5.41, 5.74) is 6.20. The van der Waals surface area contributed by atoms with Crippen molar-refractivity contribution >= 4 is 11.9 Å². The van der Waals surface area contributed by atoms with Crippen molar-refractivity contribution in [1.82, 2.24) is 4.90 Å². The maximum Gasteiger partial charge on any atom is 0.326 e. The summed E-state index contributed by atoms with van der Waals surface area (Å²) in [6.45, 7) is 0.227. The molecule has 2 rings (SSSR count). The van der Waals surface area contributed by atoms with Crippen molar-refractivity contribution in [2.75, 3.05) is 6.54 Å². The lowest BCUT2D eigenvalue weighted by Gasteiger charge is -2.24. The van der Waals surface area contributed by atoms with Crippen LogP contribution in [0.3, 0.4) is 0 Å². The van der Waals surface area contributed by atoms with E-state index in [1.54, 1.807) is 6.07 Å². The minimum Gasteiger partial charge on any atom is -0.480 e. The molecule has 0 bridgehead atoms. The number of rotatable bonds is 4. The Morgan fingerprint density at radius 2 is 2.32 bits per heavy atom. The first-order chi connectivity index (χ1) is 8.97. The smallest absolute Gasteiger partial charge is 0.326 e. The van der Waals surface area contributed by atoms with E-state index in [1.807, 2.05) is 0 Å².